The summed E-state index contributed by atoms with van der Waals surface area (Å²) in [5.41, 5.74) is 1.41. The molecule has 13 heavy (non-hydrogen) atoms. The first-order chi connectivity index (χ1) is 6.27. The second-order valence-electron chi connectivity index (χ2n) is 3.59. The van der Waals surface area contributed by atoms with Crippen molar-refractivity contribution in [1.29, 1.82) is 0 Å². The van der Waals surface area contributed by atoms with Crippen LogP contribution in [0.25, 0.3) is 0 Å². The topological polar surface area (TPSA) is 3.24 Å². The zero-order valence-electron chi connectivity index (χ0n) is 7.73. The summed E-state index contributed by atoms with van der Waals surface area (Å²) in [7, 11) is 2.07. The van der Waals surface area contributed by atoms with Gasteiger partial charge in [-0.1, -0.05) is 42.5 Å². The molecule has 1 saturated heterocycles. The zero-order chi connectivity index (χ0) is 9.26. The minimum Gasteiger partial charge on any atom is -0.369 e. The maximum absolute atomic E-state index is 5.24. The number of rotatable bonds is 1. The van der Waals surface area contributed by atoms with Crippen molar-refractivity contribution in [2.24, 2.45) is 0 Å². The van der Waals surface area contributed by atoms with E-state index in [0.717, 1.165) is 18.0 Å². The first kappa shape index (κ1) is 8.70. The Bertz CT molecular complexity index is 307. The lowest BCUT2D eigenvalue weighted by molar-refractivity contribution is 0.525. The van der Waals surface area contributed by atoms with Gasteiger partial charge in [0.25, 0.3) is 0 Å². The Morgan fingerprint density at radius 3 is 2.54 bits per heavy atom. The third-order valence-electron chi connectivity index (χ3n) is 2.61. The number of nitrogens with zero attached hydrogens (tertiary/aromatic N) is 1. The van der Waals surface area contributed by atoms with Crippen molar-refractivity contribution >= 4 is 17.2 Å². The van der Waals surface area contributed by atoms with E-state index in [9.17, 15) is 0 Å². The van der Waals surface area contributed by atoms with E-state index in [4.69, 9.17) is 12.2 Å². The van der Waals surface area contributed by atoms with E-state index in [1.807, 2.05) is 0 Å². The van der Waals surface area contributed by atoms with E-state index in [1.165, 1.54) is 5.56 Å². The highest BCUT2D eigenvalue weighted by atomic mass is 32.1. The summed E-state index contributed by atoms with van der Waals surface area (Å²) in [4.78, 5) is 3.27. The van der Waals surface area contributed by atoms with Gasteiger partial charge >= 0.3 is 0 Å². The van der Waals surface area contributed by atoms with Crippen LogP contribution in [0.2, 0.25) is 0 Å². The molecule has 0 saturated carbocycles. The molecule has 0 radical (unpaired) electrons. The van der Waals surface area contributed by atoms with Gasteiger partial charge in [0, 0.05) is 25.9 Å². The minimum absolute atomic E-state index is 0.610. The number of hydrogen-bond acceptors (Lipinski definition) is 1. The second kappa shape index (κ2) is 3.46. The molecule has 0 amide bonds. The van der Waals surface area contributed by atoms with Crippen LogP contribution in [-0.4, -0.2) is 23.5 Å². The van der Waals surface area contributed by atoms with E-state index in [1.54, 1.807) is 0 Å². The van der Waals surface area contributed by atoms with Gasteiger partial charge in [0.1, 0.15) is 0 Å². The van der Waals surface area contributed by atoms with Gasteiger partial charge in [-0.2, -0.15) is 0 Å². The molecule has 1 atom stereocenters. The van der Waals surface area contributed by atoms with Gasteiger partial charge in [0.2, 0.25) is 0 Å². The average molecular weight is 191 g/mol. The fourth-order valence-corrected chi connectivity index (χ4v) is 2.09. The van der Waals surface area contributed by atoms with Crippen LogP contribution in [0.4, 0.5) is 0 Å². The summed E-state index contributed by atoms with van der Waals surface area (Å²) in [5, 5.41) is 0. The number of likely N-dealkylation sites (N-methyl/N-ethyl adjacent to an activating group) is 1. The van der Waals surface area contributed by atoms with Gasteiger partial charge in [-0.25, -0.2) is 0 Å². The van der Waals surface area contributed by atoms with Crippen LogP contribution in [0.1, 0.15) is 17.9 Å². The Hall–Kier alpha value is -0.890. The normalized spacial score (nSPS) is 22.4. The molecule has 1 fully saturated rings. The Balaban J connectivity index is 2.17. The van der Waals surface area contributed by atoms with Gasteiger partial charge in [0.15, 0.2) is 0 Å². The van der Waals surface area contributed by atoms with E-state index in [2.05, 4.69) is 42.3 Å². The van der Waals surface area contributed by atoms with Crippen molar-refractivity contribution in [3.8, 4) is 0 Å². The Morgan fingerprint density at radius 1 is 1.31 bits per heavy atom. The maximum atomic E-state index is 5.24. The van der Waals surface area contributed by atoms with E-state index >= 15 is 0 Å². The molecule has 0 spiro atoms. The molecule has 68 valence electrons. The van der Waals surface area contributed by atoms with Gasteiger partial charge < -0.3 is 4.90 Å². The molecule has 0 bridgehead atoms. The SMILES string of the molecule is CN1CC(c2ccccc2)CC1=S. The summed E-state index contributed by atoms with van der Waals surface area (Å²) in [5.74, 6) is 0.610. The smallest absolute Gasteiger partial charge is 0.0783 e. The summed E-state index contributed by atoms with van der Waals surface area (Å²) in [6, 6.07) is 10.6. The quantitative estimate of drug-likeness (QED) is 0.627. The Morgan fingerprint density at radius 2 is 2.00 bits per heavy atom. The molecule has 1 unspecified atom stereocenters. The fourth-order valence-electron chi connectivity index (χ4n) is 1.81. The van der Waals surface area contributed by atoms with E-state index in [0.29, 0.717) is 5.92 Å². The summed E-state index contributed by atoms with van der Waals surface area (Å²) in [6.07, 6.45) is 1.04. The molecule has 1 aromatic carbocycles. The number of hydrogen-bond donors (Lipinski definition) is 0. The molecule has 0 N–H and O–H groups in total. The second-order valence-corrected chi connectivity index (χ2v) is 4.06. The van der Waals surface area contributed by atoms with Gasteiger partial charge in [-0.3, -0.25) is 0 Å². The lowest BCUT2D eigenvalue weighted by Crippen LogP contribution is -2.17. The van der Waals surface area contributed by atoms with Crippen molar-refractivity contribution in [2.45, 2.75) is 12.3 Å². The molecular formula is C11H13NS. The van der Waals surface area contributed by atoms with Gasteiger partial charge in [0.05, 0.1) is 4.99 Å². The molecule has 0 aliphatic carbocycles. The predicted molar refractivity (Wildman–Crippen MR) is 59.0 cm³/mol. The lowest BCUT2D eigenvalue weighted by atomic mass is 9.99. The monoisotopic (exact) mass is 191 g/mol. The van der Waals surface area contributed by atoms with Crippen molar-refractivity contribution < 1.29 is 0 Å². The van der Waals surface area contributed by atoms with Crippen LogP contribution in [0, 0.1) is 0 Å². The van der Waals surface area contributed by atoms with Crippen LogP contribution >= 0.6 is 12.2 Å². The molecule has 1 nitrogen and oxygen atoms in total. The standard InChI is InChI=1S/C11H13NS/c1-12-8-10(7-11(12)13)9-5-3-2-4-6-9/h2-6,10H,7-8H2,1H3. The maximum Gasteiger partial charge on any atom is 0.0783 e. The lowest BCUT2D eigenvalue weighted by Gasteiger charge is -2.10. The highest BCUT2D eigenvalue weighted by molar-refractivity contribution is 7.80. The molecule has 0 aromatic heterocycles. The largest absolute Gasteiger partial charge is 0.369 e. The zero-order valence-corrected chi connectivity index (χ0v) is 8.55. The molecule has 1 aromatic rings. The number of thiocarbonyl (C=S) groups is 1. The fraction of sp³-hybridized carbons (Fsp3) is 0.364. The highest BCUT2D eigenvalue weighted by Crippen LogP contribution is 2.27. The molecule has 2 rings (SSSR count). The molecule has 1 aliphatic rings. The average Bonchev–Trinajstić information content (AvgIpc) is 2.49. The van der Waals surface area contributed by atoms with Crippen LogP contribution in [-0.2, 0) is 0 Å². The Kier molecular flexibility index (Phi) is 2.32. The van der Waals surface area contributed by atoms with Gasteiger partial charge in [-0.15, -0.1) is 0 Å². The predicted octanol–water partition coefficient (Wildman–Crippen LogP) is 2.43. The van der Waals surface area contributed by atoms with Crippen molar-refractivity contribution in [3.63, 3.8) is 0 Å². The summed E-state index contributed by atoms with van der Waals surface area (Å²) in [6.45, 7) is 1.07. The summed E-state index contributed by atoms with van der Waals surface area (Å²) >= 11 is 5.24. The van der Waals surface area contributed by atoms with E-state index in [-0.39, 0.29) is 0 Å². The van der Waals surface area contributed by atoms with Crippen LogP contribution in [0.15, 0.2) is 30.3 Å². The first-order valence-corrected chi connectivity index (χ1v) is 4.97. The van der Waals surface area contributed by atoms with Crippen LogP contribution in [0.5, 0.6) is 0 Å². The van der Waals surface area contributed by atoms with Crippen LogP contribution in [0.3, 0.4) is 0 Å². The third kappa shape index (κ3) is 1.73. The molecule has 1 heterocycles. The molecular weight excluding hydrogens is 178 g/mol. The number of likely N-dealkylation sites (tertiary alicyclic amines) is 1. The highest BCUT2D eigenvalue weighted by Gasteiger charge is 2.24. The molecule has 1 aliphatic heterocycles. The number of benzene rings is 1. The summed E-state index contributed by atoms with van der Waals surface area (Å²) < 4.78 is 0. The van der Waals surface area contributed by atoms with Crippen molar-refractivity contribution in [1.82, 2.24) is 4.90 Å². The van der Waals surface area contributed by atoms with Crippen LogP contribution < -0.4 is 0 Å². The van der Waals surface area contributed by atoms with Gasteiger partial charge in [-0.05, 0) is 5.56 Å². The van der Waals surface area contributed by atoms with E-state index < -0.39 is 0 Å². The Labute approximate surface area is 84.4 Å². The van der Waals surface area contributed by atoms with Crippen molar-refractivity contribution in [3.05, 3.63) is 35.9 Å². The molecule has 2 heteroatoms. The first-order valence-electron chi connectivity index (χ1n) is 4.56. The minimum atomic E-state index is 0.610. The van der Waals surface area contributed by atoms with Crippen molar-refractivity contribution in [2.75, 3.05) is 13.6 Å². The third-order valence-corrected chi connectivity index (χ3v) is 3.09.